The number of carbonyl (C=O) groups excluding carboxylic acids is 1. The molecule has 1 amide bonds. The second-order valence-electron chi connectivity index (χ2n) is 7.15. The van der Waals surface area contributed by atoms with Crippen LogP contribution < -0.4 is 10.9 Å². The molecule has 1 fully saturated rings. The molecule has 1 aliphatic heterocycles. The van der Waals surface area contributed by atoms with E-state index in [4.69, 9.17) is 0 Å². The average molecular weight is 362 g/mol. The first-order valence-electron chi connectivity index (χ1n) is 9.18. The molecule has 2 aromatic heterocycles. The van der Waals surface area contributed by atoms with Crippen molar-refractivity contribution in [2.75, 3.05) is 0 Å². The van der Waals surface area contributed by atoms with Gasteiger partial charge in [-0.25, -0.2) is 0 Å². The minimum absolute atomic E-state index is 0.0140. The van der Waals surface area contributed by atoms with Crippen LogP contribution in [0.4, 0.5) is 0 Å². The first kappa shape index (κ1) is 17.3. The molecule has 1 aliphatic rings. The van der Waals surface area contributed by atoms with Crippen LogP contribution in [0.3, 0.4) is 0 Å². The molecule has 3 heterocycles. The lowest BCUT2D eigenvalue weighted by Gasteiger charge is -2.22. The molecule has 1 saturated heterocycles. The fourth-order valence-electron chi connectivity index (χ4n) is 3.70. The molecule has 3 N–H and O–H groups in total. The number of nitrogens with zero attached hydrogens (tertiary/aromatic N) is 1. The number of pyridine rings is 1. The van der Waals surface area contributed by atoms with Crippen LogP contribution in [0.25, 0.3) is 11.1 Å². The Morgan fingerprint density at radius 3 is 2.59 bits per heavy atom. The maximum Gasteiger partial charge on any atom is 0.256 e. The Morgan fingerprint density at radius 1 is 1.15 bits per heavy atom. The van der Waals surface area contributed by atoms with Crippen LogP contribution in [0.2, 0.25) is 0 Å². The summed E-state index contributed by atoms with van der Waals surface area (Å²) >= 11 is 0. The van der Waals surface area contributed by atoms with Crippen LogP contribution in [0.1, 0.15) is 42.0 Å². The van der Waals surface area contributed by atoms with Gasteiger partial charge < -0.3 is 10.3 Å². The molecule has 0 spiro atoms. The van der Waals surface area contributed by atoms with Crippen LogP contribution in [-0.4, -0.2) is 27.1 Å². The van der Waals surface area contributed by atoms with E-state index in [1.807, 2.05) is 12.1 Å². The minimum atomic E-state index is -0.138. The van der Waals surface area contributed by atoms with Gasteiger partial charge in [0, 0.05) is 35.8 Å². The standard InChI is InChI=1S/C21H22N4O2/c1-13-2-4-14(5-3-13)18(10-16-6-9-20(26)24-16)19-8-7-17(21(27)25-19)15-11-22-23-12-15/h2-5,7-8,11-12,16,18H,6,9-10H2,1H3,(H,22,23)(H,24,26)(H,25,27)/t16-,18?/m1/s1. The van der Waals surface area contributed by atoms with Gasteiger partial charge in [-0.3, -0.25) is 14.7 Å². The molecule has 1 aromatic carbocycles. The van der Waals surface area contributed by atoms with Crippen molar-refractivity contribution in [3.8, 4) is 11.1 Å². The van der Waals surface area contributed by atoms with Crippen molar-refractivity contribution in [2.45, 2.75) is 38.1 Å². The highest BCUT2D eigenvalue weighted by Gasteiger charge is 2.26. The Hall–Kier alpha value is -3.15. The zero-order chi connectivity index (χ0) is 18.8. The van der Waals surface area contributed by atoms with Crippen LogP contribution in [0.15, 0.2) is 53.6 Å². The van der Waals surface area contributed by atoms with Crippen molar-refractivity contribution >= 4 is 5.91 Å². The van der Waals surface area contributed by atoms with E-state index >= 15 is 0 Å². The lowest BCUT2D eigenvalue weighted by atomic mass is 9.87. The molecule has 1 unspecified atom stereocenters. The molecule has 3 aromatic rings. The number of hydrogen-bond acceptors (Lipinski definition) is 3. The van der Waals surface area contributed by atoms with Gasteiger partial charge in [-0.05, 0) is 37.5 Å². The highest BCUT2D eigenvalue weighted by Crippen LogP contribution is 2.30. The molecule has 4 rings (SSSR count). The number of carbonyl (C=O) groups is 1. The minimum Gasteiger partial charge on any atom is -0.353 e. The molecule has 0 bridgehead atoms. The van der Waals surface area contributed by atoms with E-state index < -0.39 is 0 Å². The first-order chi connectivity index (χ1) is 13.1. The van der Waals surface area contributed by atoms with Crippen LogP contribution in [-0.2, 0) is 4.79 Å². The largest absolute Gasteiger partial charge is 0.353 e. The fraction of sp³-hybridized carbons (Fsp3) is 0.286. The summed E-state index contributed by atoms with van der Waals surface area (Å²) in [5, 5.41) is 9.68. The number of hydrogen-bond donors (Lipinski definition) is 3. The molecule has 27 heavy (non-hydrogen) atoms. The zero-order valence-corrected chi connectivity index (χ0v) is 15.2. The molecule has 0 saturated carbocycles. The second kappa shape index (κ2) is 7.23. The predicted molar refractivity (Wildman–Crippen MR) is 103 cm³/mol. The van der Waals surface area contributed by atoms with Gasteiger partial charge in [0.2, 0.25) is 5.91 Å². The van der Waals surface area contributed by atoms with Gasteiger partial charge >= 0.3 is 0 Å². The molecule has 0 aliphatic carbocycles. The average Bonchev–Trinajstić information content (AvgIpc) is 3.32. The van der Waals surface area contributed by atoms with Crippen LogP contribution in [0, 0.1) is 6.92 Å². The van der Waals surface area contributed by atoms with Gasteiger partial charge in [0.05, 0.1) is 11.8 Å². The Bertz CT molecular complexity index is 990. The van der Waals surface area contributed by atoms with E-state index in [2.05, 4.69) is 51.7 Å². The summed E-state index contributed by atoms with van der Waals surface area (Å²) in [6, 6.07) is 12.3. The van der Waals surface area contributed by atoms with Crippen LogP contribution in [0.5, 0.6) is 0 Å². The molecule has 0 radical (unpaired) electrons. The monoisotopic (exact) mass is 362 g/mol. The molecule has 138 valence electrons. The summed E-state index contributed by atoms with van der Waals surface area (Å²) in [7, 11) is 0. The SMILES string of the molecule is Cc1ccc(C(C[C@H]2CCC(=O)N2)c2ccc(-c3cn[nH]c3)c(=O)[nH]2)cc1. The van der Waals surface area contributed by atoms with E-state index in [9.17, 15) is 9.59 Å². The number of benzene rings is 1. The smallest absolute Gasteiger partial charge is 0.256 e. The number of aromatic nitrogens is 3. The molecule has 2 atom stereocenters. The van der Waals surface area contributed by atoms with Gasteiger partial charge in [-0.15, -0.1) is 0 Å². The van der Waals surface area contributed by atoms with Gasteiger partial charge in [-0.1, -0.05) is 29.8 Å². The number of H-pyrrole nitrogens is 2. The Labute approximate surface area is 157 Å². The summed E-state index contributed by atoms with van der Waals surface area (Å²) in [6.07, 6.45) is 5.50. The third-order valence-corrected chi connectivity index (χ3v) is 5.20. The number of aromatic amines is 2. The number of aryl methyl sites for hydroxylation is 1. The van der Waals surface area contributed by atoms with E-state index in [0.29, 0.717) is 12.0 Å². The Kier molecular flexibility index (Phi) is 4.62. The van der Waals surface area contributed by atoms with Crippen LogP contribution >= 0.6 is 0 Å². The van der Waals surface area contributed by atoms with Crippen molar-refractivity contribution in [2.24, 2.45) is 0 Å². The molecular weight excluding hydrogens is 340 g/mol. The van der Waals surface area contributed by atoms with E-state index in [-0.39, 0.29) is 23.4 Å². The van der Waals surface area contributed by atoms with Gasteiger partial charge in [0.25, 0.3) is 5.56 Å². The third-order valence-electron chi connectivity index (χ3n) is 5.20. The first-order valence-corrected chi connectivity index (χ1v) is 9.18. The second-order valence-corrected chi connectivity index (χ2v) is 7.15. The lowest BCUT2D eigenvalue weighted by Crippen LogP contribution is -2.28. The molecule has 6 nitrogen and oxygen atoms in total. The fourth-order valence-corrected chi connectivity index (χ4v) is 3.70. The topological polar surface area (TPSA) is 90.6 Å². The Balaban J connectivity index is 1.69. The van der Waals surface area contributed by atoms with Gasteiger partial charge in [0.15, 0.2) is 0 Å². The van der Waals surface area contributed by atoms with E-state index in [1.54, 1.807) is 12.4 Å². The van der Waals surface area contributed by atoms with Gasteiger partial charge in [0.1, 0.15) is 0 Å². The van der Waals surface area contributed by atoms with Crippen molar-refractivity contribution in [1.29, 1.82) is 0 Å². The van der Waals surface area contributed by atoms with Gasteiger partial charge in [-0.2, -0.15) is 5.10 Å². The molecular formula is C21H22N4O2. The number of nitrogens with one attached hydrogen (secondary N) is 3. The van der Waals surface area contributed by atoms with E-state index in [0.717, 1.165) is 29.7 Å². The lowest BCUT2D eigenvalue weighted by molar-refractivity contribution is -0.119. The highest BCUT2D eigenvalue weighted by atomic mass is 16.2. The quantitative estimate of drug-likeness (QED) is 0.652. The summed E-state index contributed by atoms with van der Waals surface area (Å²) in [5.41, 5.74) is 4.39. The summed E-state index contributed by atoms with van der Waals surface area (Å²) in [4.78, 5) is 27.3. The number of amides is 1. The maximum atomic E-state index is 12.7. The normalized spacial score (nSPS) is 17.7. The van der Waals surface area contributed by atoms with Crippen molar-refractivity contribution < 1.29 is 4.79 Å². The predicted octanol–water partition coefficient (Wildman–Crippen LogP) is 2.87. The number of rotatable bonds is 5. The maximum absolute atomic E-state index is 12.7. The molecule has 6 heteroatoms. The summed E-state index contributed by atoms with van der Waals surface area (Å²) in [6.45, 7) is 2.05. The summed E-state index contributed by atoms with van der Waals surface area (Å²) in [5.74, 6) is 0.117. The highest BCUT2D eigenvalue weighted by molar-refractivity contribution is 5.78. The van der Waals surface area contributed by atoms with E-state index in [1.165, 1.54) is 5.56 Å². The Morgan fingerprint density at radius 2 is 1.96 bits per heavy atom. The van der Waals surface area contributed by atoms with Crippen molar-refractivity contribution in [3.05, 3.63) is 76.0 Å². The van der Waals surface area contributed by atoms with Crippen molar-refractivity contribution in [1.82, 2.24) is 20.5 Å². The van der Waals surface area contributed by atoms with Crippen molar-refractivity contribution in [3.63, 3.8) is 0 Å². The summed E-state index contributed by atoms with van der Waals surface area (Å²) < 4.78 is 0. The zero-order valence-electron chi connectivity index (χ0n) is 15.2. The third kappa shape index (κ3) is 3.69.